The van der Waals surface area contributed by atoms with Crippen LogP contribution < -0.4 is 10.6 Å². The first-order chi connectivity index (χ1) is 12.7. The van der Waals surface area contributed by atoms with Crippen molar-refractivity contribution >= 4 is 21.9 Å². The fraction of sp³-hybridized carbons (Fsp3) is 0.632. The molecule has 2 N–H and O–H groups in total. The highest BCUT2D eigenvalue weighted by molar-refractivity contribution is 9.10. The molecule has 0 radical (unpaired) electrons. The summed E-state index contributed by atoms with van der Waals surface area (Å²) in [5, 5.41) is 6.55. The van der Waals surface area contributed by atoms with Gasteiger partial charge in [-0.1, -0.05) is 22.0 Å². The first-order valence-electron chi connectivity index (χ1n) is 9.20. The third-order valence-corrected chi connectivity index (χ3v) is 4.17. The molecule has 0 aliphatic heterocycles. The molecule has 0 atom stereocenters. The van der Waals surface area contributed by atoms with Crippen molar-refractivity contribution in [3.8, 4) is 0 Å². The van der Waals surface area contributed by atoms with Crippen molar-refractivity contribution in [1.29, 1.82) is 0 Å². The fourth-order valence-electron chi connectivity index (χ4n) is 2.31. The van der Waals surface area contributed by atoms with Crippen LogP contribution in [-0.2, 0) is 15.9 Å². The molecule has 7 heteroatoms. The summed E-state index contributed by atoms with van der Waals surface area (Å²) in [6.45, 7) is 6.39. The van der Waals surface area contributed by atoms with Gasteiger partial charge < -0.3 is 20.1 Å². The van der Waals surface area contributed by atoms with Crippen LogP contribution in [0.25, 0.3) is 0 Å². The van der Waals surface area contributed by atoms with E-state index in [0.717, 1.165) is 55.0 Å². The van der Waals surface area contributed by atoms with Crippen molar-refractivity contribution < 1.29 is 13.9 Å². The third-order valence-electron chi connectivity index (χ3n) is 3.67. The lowest BCUT2D eigenvalue weighted by Gasteiger charge is -2.11. The van der Waals surface area contributed by atoms with Crippen LogP contribution in [0.2, 0.25) is 0 Å². The molecule has 0 amide bonds. The minimum Gasteiger partial charge on any atom is -0.382 e. The number of guanidine groups is 1. The molecule has 0 aliphatic rings. The molecule has 5 nitrogen and oxygen atoms in total. The zero-order valence-corrected chi connectivity index (χ0v) is 17.4. The van der Waals surface area contributed by atoms with E-state index in [1.807, 2.05) is 19.1 Å². The lowest BCUT2D eigenvalue weighted by Crippen LogP contribution is -2.38. The molecule has 1 aromatic rings. The Kier molecular flexibility index (Phi) is 13.1. The van der Waals surface area contributed by atoms with Gasteiger partial charge in [0.05, 0.1) is 13.2 Å². The third kappa shape index (κ3) is 10.7. The highest BCUT2D eigenvalue weighted by Crippen LogP contribution is 2.16. The van der Waals surface area contributed by atoms with Crippen LogP contribution in [0.15, 0.2) is 27.7 Å². The summed E-state index contributed by atoms with van der Waals surface area (Å²) in [6, 6.07) is 5.19. The van der Waals surface area contributed by atoms with Gasteiger partial charge >= 0.3 is 0 Å². The van der Waals surface area contributed by atoms with Crippen molar-refractivity contribution in [1.82, 2.24) is 10.6 Å². The van der Waals surface area contributed by atoms with Crippen LogP contribution in [0, 0.1) is 5.82 Å². The molecule has 0 fully saturated rings. The standard InChI is InChI=1S/C19H31BrFN3O2/c1-3-22-19(23-10-4-5-12-26-14-13-25-2)24-11-6-7-16-8-9-17(20)15-18(16)21/h8-9,15H,3-7,10-14H2,1-2H3,(H2,22,23,24). The molecule has 0 bridgehead atoms. The average molecular weight is 432 g/mol. The molecule has 0 aromatic heterocycles. The number of ether oxygens (including phenoxy) is 2. The molecule has 0 spiro atoms. The summed E-state index contributed by atoms with van der Waals surface area (Å²) in [5.41, 5.74) is 0.731. The van der Waals surface area contributed by atoms with Gasteiger partial charge in [0.25, 0.3) is 0 Å². The summed E-state index contributed by atoms with van der Waals surface area (Å²) in [5.74, 6) is 0.644. The molecule has 0 saturated carbocycles. The topological polar surface area (TPSA) is 54.9 Å². The van der Waals surface area contributed by atoms with Gasteiger partial charge in [0, 0.05) is 37.8 Å². The molecule has 148 valence electrons. The summed E-state index contributed by atoms with van der Waals surface area (Å²) in [4.78, 5) is 4.55. The van der Waals surface area contributed by atoms with Gasteiger partial charge in [0.15, 0.2) is 5.96 Å². The number of unbranched alkanes of at least 4 members (excludes halogenated alkanes) is 1. The minimum atomic E-state index is -0.166. The van der Waals surface area contributed by atoms with Gasteiger partial charge in [-0.05, 0) is 50.3 Å². The number of halogens is 2. The van der Waals surface area contributed by atoms with Crippen LogP contribution in [0.4, 0.5) is 4.39 Å². The molecular formula is C19H31BrFN3O2. The van der Waals surface area contributed by atoms with E-state index in [-0.39, 0.29) is 5.82 Å². The predicted molar refractivity (Wildman–Crippen MR) is 108 cm³/mol. The van der Waals surface area contributed by atoms with E-state index in [4.69, 9.17) is 9.47 Å². The van der Waals surface area contributed by atoms with Crippen molar-refractivity contribution in [3.05, 3.63) is 34.1 Å². The number of benzene rings is 1. The SMILES string of the molecule is CCNC(=NCCCc1ccc(Br)cc1F)NCCCCOCCOC. The van der Waals surface area contributed by atoms with Gasteiger partial charge in [-0.2, -0.15) is 0 Å². The number of aliphatic imine (C=N–C) groups is 1. The lowest BCUT2D eigenvalue weighted by atomic mass is 10.1. The monoisotopic (exact) mass is 431 g/mol. The quantitative estimate of drug-likeness (QED) is 0.285. The number of nitrogens with zero attached hydrogens (tertiary/aromatic N) is 1. The molecule has 0 unspecified atom stereocenters. The van der Waals surface area contributed by atoms with Gasteiger partial charge in [-0.25, -0.2) is 4.39 Å². The number of hydrogen-bond acceptors (Lipinski definition) is 3. The van der Waals surface area contributed by atoms with Crippen molar-refractivity contribution in [3.63, 3.8) is 0 Å². The van der Waals surface area contributed by atoms with Gasteiger partial charge in [0.1, 0.15) is 5.82 Å². The summed E-state index contributed by atoms with van der Waals surface area (Å²) in [7, 11) is 1.67. The fourth-order valence-corrected chi connectivity index (χ4v) is 2.64. The maximum absolute atomic E-state index is 13.8. The summed E-state index contributed by atoms with van der Waals surface area (Å²) in [6.07, 6.45) is 3.50. The molecule has 0 aliphatic carbocycles. The van der Waals surface area contributed by atoms with E-state index in [9.17, 15) is 4.39 Å². The van der Waals surface area contributed by atoms with Gasteiger partial charge in [-0.15, -0.1) is 0 Å². The highest BCUT2D eigenvalue weighted by atomic mass is 79.9. The summed E-state index contributed by atoms with van der Waals surface area (Å²) >= 11 is 3.27. The molecular weight excluding hydrogens is 401 g/mol. The normalized spacial score (nSPS) is 11.6. The van der Waals surface area contributed by atoms with Crippen molar-refractivity contribution in [2.24, 2.45) is 4.99 Å². The maximum atomic E-state index is 13.8. The number of aryl methyl sites for hydroxylation is 1. The van der Waals surface area contributed by atoms with E-state index in [0.29, 0.717) is 26.2 Å². The maximum Gasteiger partial charge on any atom is 0.191 e. The Hall–Kier alpha value is -1.18. The van der Waals surface area contributed by atoms with E-state index in [1.54, 1.807) is 7.11 Å². The Labute approximate surface area is 164 Å². The second-order valence-corrected chi connectivity index (χ2v) is 6.75. The average Bonchev–Trinajstić information content (AvgIpc) is 2.62. The Morgan fingerprint density at radius 3 is 2.73 bits per heavy atom. The Morgan fingerprint density at radius 2 is 2.00 bits per heavy atom. The van der Waals surface area contributed by atoms with Crippen LogP contribution in [-0.4, -0.2) is 52.5 Å². The van der Waals surface area contributed by atoms with Gasteiger partial charge in [-0.3, -0.25) is 4.99 Å². The number of methoxy groups -OCH3 is 1. The van der Waals surface area contributed by atoms with E-state index < -0.39 is 0 Å². The first kappa shape index (κ1) is 22.9. The Morgan fingerprint density at radius 1 is 1.15 bits per heavy atom. The van der Waals surface area contributed by atoms with Crippen LogP contribution in [0.5, 0.6) is 0 Å². The van der Waals surface area contributed by atoms with Crippen molar-refractivity contribution in [2.45, 2.75) is 32.6 Å². The second kappa shape index (κ2) is 14.9. The van der Waals surface area contributed by atoms with Crippen LogP contribution in [0.1, 0.15) is 31.7 Å². The number of rotatable bonds is 13. The van der Waals surface area contributed by atoms with E-state index >= 15 is 0 Å². The molecule has 0 heterocycles. The zero-order valence-electron chi connectivity index (χ0n) is 15.8. The molecule has 0 saturated heterocycles. The Bertz CT molecular complexity index is 530. The predicted octanol–water partition coefficient (Wildman–Crippen LogP) is 3.52. The number of hydrogen-bond donors (Lipinski definition) is 2. The molecule has 1 rings (SSSR count). The van der Waals surface area contributed by atoms with Crippen LogP contribution in [0.3, 0.4) is 0 Å². The second-order valence-electron chi connectivity index (χ2n) is 5.84. The van der Waals surface area contributed by atoms with E-state index in [1.165, 1.54) is 6.07 Å². The van der Waals surface area contributed by atoms with Crippen LogP contribution >= 0.6 is 15.9 Å². The smallest absolute Gasteiger partial charge is 0.191 e. The molecule has 26 heavy (non-hydrogen) atoms. The first-order valence-corrected chi connectivity index (χ1v) is 9.99. The lowest BCUT2D eigenvalue weighted by molar-refractivity contribution is 0.0689. The molecule has 1 aromatic carbocycles. The van der Waals surface area contributed by atoms with Crippen molar-refractivity contribution in [2.75, 3.05) is 46.6 Å². The largest absolute Gasteiger partial charge is 0.382 e. The van der Waals surface area contributed by atoms with E-state index in [2.05, 4.69) is 31.6 Å². The highest BCUT2D eigenvalue weighted by Gasteiger charge is 2.03. The zero-order chi connectivity index (χ0) is 19.0. The Balaban J connectivity index is 2.21. The summed E-state index contributed by atoms with van der Waals surface area (Å²) < 4.78 is 24.9. The number of nitrogens with one attached hydrogen (secondary N) is 2. The minimum absolute atomic E-state index is 0.166. The van der Waals surface area contributed by atoms with Gasteiger partial charge in [0.2, 0.25) is 0 Å².